The minimum absolute atomic E-state index is 0.324. The number of rotatable bonds is 3. The predicted octanol–water partition coefficient (Wildman–Crippen LogP) is 4.59. The van der Waals surface area contributed by atoms with Gasteiger partial charge in [-0.15, -0.1) is 0 Å². The second-order valence-electron chi connectivity index (χ2n) is 4.61. The molecule has 0 fully saturated rings. The summed E-state index contributed by atoms with van der Waals surface area (Å²) < 4.78 is 39.5. The largest absolute Gasteiger partial charge is 0.422 e. The van der Waals surface area contributed by atoms with Gasteiger partial charge in [0.2, 0.25) is 6.04 Å². The topological polar surface area (TPSA) is 27.0 Å². The fraction of sp³-hybridized carbons (Fsp3) is 0.188. The van der Waals surface area contributed by atoms with E-state index in [1.165, 1.54) is 6.07 Å². The standard InChI is InChI=1S/C16H13F3N2/c1-12-7-9-14(10-8-12)21(13-5-3-2-4-6-13)15(11-20)16(17,18)19/h2-10,15H,1H3. The maximum atomic E-state index is 13.2. The van der Waals surface area contributed by atoms with Crippen molar-refractivity contribution in [3.63, 3.8) is 0 Å². The van der Waals surface area contributed by atoms with Crippen LogP contribution in [-0.2, 0) is 0 Å². The van der Waals surface area contributed by atoms with Gasteiger partial charge in [0.1, 0.15) is 0 Å². The first-order valence-corrected chi connectivity index (χ1v) is 6.31. The van der Waals surface area contributed by atoms with Crippen LogP contribution >= 0.6 is 0 Å². The Morgan fingerprint density at radius 3 is 1.95 bits per heavy atom. The van der Waals surface area contributed by atoms with Crippen molar-refractivity contribution in [2.45, 2.75) is 19.1 Å². The summed E-state index contributed by atoms with van der Waals surface area (Å²) in [5.41, 5.74) is 1.59. The zero-order valence-electron chi connectivity index (χ0n) is 11.3. The van der Waals surface area contributed by atoms with Crippen LogP contribution in [0.3, 0.4) is 0 Å². The van der Waals surface area contributed by atoms with Crippen molar-refractivity contribution in [1.82, 2.24) is 0 Å². The molecule has 5 heteroatoms. The van der Waals surface area contributed by atoms with Crippen molar-refractivity contribution in [3.8, 4) is 6.07 Å². The summed E-state index contributed by atoms with van der Waals surface area (Å²) in [5.74, 6) is 0. The Kier molecular flexibility index (Phi) is 4.18. The molecule has 2 rings (SSSR count). The molecule has 2 aromatic carbocycles. The van der Waals surface area contributed by atoms with Gasteiger partial charge in [0.05, 0.1) is 6.07 Å². The molecule has 0 aliphatic rings. The second-order valence-corrected chi connectivity index (χ2v) is 4.61. The number of benzene rings is 2. The van der Waals surface area contributed by atoms with Gasteiger partial charge >= 0.3 is 6.18 Å². The minimum atomic E-state index is -4.64. The van der Waals surface area contributed by atoms with Crippen molar-refractivity contribution >= 4 is 11.4 Å². The average Bonchev–Trinajstić information content (AvgIpc) is 2.45. The zero-order valence-corrected chi connectivity index (χ0v) is 11.3. The van der Waals surface area contributed by atoms with E-state index in [1.807, 2.05) is 6.92 Å². The number of halogens is 3. The molecule has 108 valence electrons. The van der Waals surface area contributed by atoms with Gasteiger partial charge < -0.3 is 4.90 Å². The summed E-state index contributed by atoms with van der Waals surface area (Å²) in [6.07, 6.45) is -4.64. The maximum Gasteiger partial charge on any atom is 0.422 e. The van der Waals surface area contributed by atoms with Crippen LogP contribution in [-0.4, -0.2) is 12.2 Å². The highest BCUT2D eigenvalue weighted by atomic mass is 19.4. The molecule has 0 aromatic heterocycles. The van der Waals surface area contributed by atoms with E-state index in [0.717, 1.165) is 10.5 Å². The lowest BCUT2D eigenvalue weighted by Crippen LogP contribution is -2.42. The molecule has 2 nitrogen and oxygen atoms in total. The Hall–Kier alpha value is -2.48. The van der Waals surface area contributed by atoms with Gasteiger partial charge in [-0.1, -0.05) is 35.9 Å². The summed E-state index contributed by atoms with van der Waals surface area (Å²) in [5, 5.41) is 9.00. The Labute approximate surface area is 121 Å². The smallest absolute Gasteiger partial charge is 0.317 e. The number of nitrogens with zero attached hydrogens (tertiary/aromatic N) is 2. The monoisotopic (exact) mass is 290 g/mol. The minimum Gasteiger partial charge on any atom is -0.317 e. The van der Waals surface area contributed by atoms with Crippen LogP contribution < -0.4 is 4.90 Å². The highest BCUT2D eigenvalue weighted by Crippen LogP contribution is 2.34. The average molecular weight is 290 g/mol. The molecule has 0 bridgehead atoms. The first-order valence-electron chi connectivity index (χ1n) is 6.31. The molecule has 0 spiro atoms. The lowest BCUT2D eigenvalue weighted by Gasteiger charge is -2.30. The molecule has 0 aliphatic carbocycles. The second kappa shape index (κ2) is 5.88. The molecule has 1 unspecified atom stereocenters. The zero-order chi connectivity index (χ0) is 15.5. The van der Waals surface area contributed by atoms with E-state index < -0.39 is 12.2 Å². The summed E-state index contributed by atoms with van der Waals surface area (Å²) in [6, 6.07) is 13.8. The van der Waals surface area contributed by atoms with Crippen LogP contribution in [0, 0.1) is 18.3 Å². The molecule has 1 atom stereocenters. The normalized spacial score (nSPS) is 12.5. The molecule has 0 saturated heterocycles. The van der Waals surface area contributed by atoms with Gasteiger partial charge in [0, 0.05) is 11.4 Å². The van der Waals surface area contributed by atoms with Gasteiger partial charge in [0.15, 0.2) is 0 Å². The summed E-state index contributed by atoms with van der Waals surface area (Å²) in [7, 11) is 0. The van der Waals surface area contributed by atoms with Crippen LogP contribution in [0.25, 0.3) is 0 Å². The van der Waals surface area contributed by atoms with Gasteiger partial charge in [-0.3, -0.25) is 0 Å². The van der Waals surface area contributed by atoms with Crippen LogP contribution in [0.2, 0.25) is 0 Å². The number of hydrogen-bond acceptors (Lipinski definition) is 2. The number of para-hydroxylation sites is 1. The maximum absolute atomic E-state index is 13.2. The fourth-order valence-electron chi connectivity index (χ4n) is 2.02. The van der Waals surface area contributed by atoms with E-state index in [0.29, 0.717) is 11.4 Å². The van der Waals surface area contributed by atoms with Crippen molar-refractivity contribution in [2.24, 2.45) is 0 Å². The first kappa shape index (κ1) is 14.9. The van der Waals surface area contributed by atoms with Crippen molar-refractivity contribution in [1.29, 1.82) is 5.26 Å². The van der Waals surface area contributed by atoms with Gasteiger partial charge in [-0.2, -0.15) is 18.4 Å². The van der Waals surface area contributed by atoms with E-state index in [-0.39, 0.29) is 0 Å². The SMILES string of the molecule is Cc1ccc(N(c2ccccc2)C(C#N)C(F)(F)F)cc1. The molecular weight excluding hydrogens is 277 g/mol. The third kappa shape index (κ3) is 3.34. The number of nitriles is 1. The number of hydrogen-bond donors (Lipinski definition) is 0. The first-order chi connectivity index (χ1) is 9.93. The van der Waals surface area contributed by atoms with E-state index in [1.54, 1.807) is 54.6 Å². The molecule has 0 amide bonds. The Morgan fingerprint density at radius 2 is 1.48 bits per heavy atom. The Balaban J connectivity index is 2.55. The Morgan fingerprint density at radius 1 is 0.952 bits per heavy atom. The van der Waals surface area contributed by atoms with Crippen LogP contribution in [0.4, 0.5) is 24.5 Å². The highest BCUT2D eigenvalue weighted by Gasteiger charge is 2.45. The summed E-state index contributed by atoms with van der Waals surface area (Å²) in [6.45, 7) is 1.85. The third-order valence-corrected chi connectivity index (χ3v) is 3.04. The van der Waals surface area contributed by atoms with E-state index in [4.69, 9.17) is 5.26 Å². The molecule has 0 saturated carbocycles. The summed E-state index contributed by atoms with van der Waals surface area (Å²) in [4.78, 5) is 0.999. The van der Waals surface area contributed by atoms with Crippen LogP contribution in [0.1, 0.15) is 5.56 Å². The molecule has 21 heavy (non-hydrogen) atoms. The van der Waals surface area contributed by atoms with Gasteiger partial charge in [-0.25, -0.2) is 0 Å². The quantitative estimate of drug-likeness (QED) is 0.826. The Bertz CT molecular complexity index is 627. The van der Waals surface area contributed by atoms with Crippen molar-refractivity contribution in [2.75, 3.05) is 4.90 Å². The molecular formula is C16H13F3N2. The predicted molar refractivity (Wildman–Crippen MR) is 75.2 cm³/mol. The van der Waals surface area contributed by atoms with E-state index in [9.17, 15) is 13.2 Å². The number of aryl methyl sites for hydroxylation is 1. The summed E-state index contributed by atoms with van der Waals surface area (Å²) >= 11 is 0. The van der Waals surface area contributed by atoms with E-state index >= 15 is 0 Å². The van der Waals surface area contributed by atoms with Gasteiger partial charge in [0.25, 0.3) is 0 Å². The fourth-order valence-corrected chi connectivity index (χ4v) is 2.02. The number of alkyl halides is 3. The van der Waals surface area contributed by atoms with Crippen LogP contribution in [0.15, 0.2) is 54.6 Å². The number of anilines is 2. The van der Waals surface area contributed by atoms with Gasteiger partial charge in [-0.05, 0) is 31.2 Å². The van der Waals surface area contributed by atoms with Crippen molar-refractivity contribution < 1.29 is 13.2 Å². The molecule has 2 aromatic rings. The molecule has 0 radical (unpaired) electrons. The molecule has 0 N–H and O–H groups in total. The highest BCUT2D eigenvalue weighted by molar-refractivity contribution is 5.65. The van der Waals surface area contributed by atoms with Crippen LogP contribution in [0.5, 0.6) is 0 Å². The lowest BCUT2D eigenvalue weighted by molar-refractivity contribution is -0.134. The third-order valence-electron chi connectivity index (χ3n) is 3.04. The lowest BCUT2D eigenvalue weighted by atomic mass is 10.1. The molecule has 0 heterocycles. The molecule has 0 aliphatic heterocycles. The van der Waals surface area contributed by atoms with Crippen molar-refractivity contribution in [3.05, 3.63) is 60.2 Å². The van der Waals surface area contributed by atoms with E-state index in [2.05, 4.69) is 0 Å².